The molecule has 0 aliphatic rings. The molecule has 0 radical (unpaired) electrons. The Kier molecular flexibility index (Phi) is 2.48. The van der Waals surface area contributed by atoms with Crippen LogP contribution in [0.4, 0.5) is 0 Å². The minimum absolute atomic E-state index is 0.0826. The highest BCUT2D eigenvalue weighted by Crippen LogP contribution is 2.29. The van der Waals surface area contributed by atoms with E-state index in [2.05, 4.69) is 5.32 Å². The zero-order valence-electron chi connectivity index (χ0n) is 8.13. The van der Waals surface area contributed by atoms with Gasteiger partial charge in [-0.2, -0.15) is 0 Å². The minimum atomic E-state index is -0.203. The lowest BCUT2D eigenvalue weighted by atomic mass is 9.94. The topological polar surface area (TPSA) is 52.5 Å². The van der Waals surface area contributed by atoms with Gasteiger partial charge in [0.05, 0.1) is 0 Å². The van der Waals surface area contributed by atoms with Crippen LogP contribution in [0.3, 0.4) is 0 Å². The van der Waals surface area contributed by atoms with Crippen molar-refractivity contribution in [2.24, 2.45) is 0 Å². The molecule has 0 saturated carbocycles. The molecule has 0 saturated heterocycles. The second kappa shape index (κ2) is 3.26. The summed E-state index contributed by atoms with van der Waals surface area (Å²) in [5.74, 6) is -0.170. The molecule has 0 aromatic heterocycles. The number of benzene rings is 1. The summed E-state index contributed by atoms with van der Waals surface area (Å²) in [6.07, 6.45) is 0. The summed E-state index contributed by atoms with van der Waals surface area (Å²) in [5.41, 5.74) is 0.732. The Balaban J connectivity index is 3.10. The van der Waals surface area contributed by atoms with E-state index in [1.165, 1.54) is 6.07 Å². The van der Waals surface area contributed by atoms with Crippen molar-refractivity contribution in [2.45, 2.75) is 19.4 Å². The van der Waals surface area contributed by atoms with E-state index in [1.807, 2.05) is 20.9 Å². The SMILES string of the molecule is CNC(C)(C)c1ccc(O)c(O)c1. The lowest BCUT2D eigenvalue weighted by Gasteiger charge is -2.24. The molecule has 1 aromatic carbocycles. The summed E-state index contributed by atoms with van der Waals surface area (Å²) in [5, 5.41) is 21.5. The molecule has 0 atom stereocenters. The van der Waals surface area contributed by atoms with Crippen LogP contribution in [0.1, 0.15) is 19.4 Å². The van der Waals surface area contributed by atoms with Gasteiger partial charge in [0.25, 0.3) is 0 Å². The normalized spacial score (nSPS) is 11.6. The molecule has 1 rings (SSSR count). The standard InChI is InChI=1S/C10H15NO2/c1-10(2,11-3)7-4-5-8(12)9(13)6-7/h4-6,11-13H,1-3H3. The van der Waals surface area contributed by atoms with Gasteiger partial charge in [-0.25, -0.2) is 0 Å². The Hall–Kier alpha value is -1.22. The summed E-state index contributed by atoms with van der Waals surface area (Å²) in [7, 11) is 1.85. The fraction of sp³-hybridized carbons (Fsp3) is 0.400. The maximum absolute atomic E-state index is 9.28. The van der Waals surface area contributed by atoms with Gasteiger partial charge >= 0.3 is 0 Å². The Labute approximate surface area is 78.0 Å². The third-order valence-corrected chi connectivity index (χ3v) is 2.32. The molecule has 72 valence electrons. The van der Waals surface area contributed by atoms with Gasteiger partial charge in [-0.15, -0.1) is 0 Å². The average Bonchev–Trinajstić information content (AvgIpc) is 2.09. The van der Waals surface area contributed by atoms with Crippen LogP contribution in [0, 0.1) is 0 Å². The number of phenols is 2. The number of hydrogen-bond acceptors (Lipinski definition) is 3. The third kappa shape index (κ3) is 1.92. The lowest BCUT2D eigenvalue weighted by Crippen LogP contribution is -2.32. The Morgan fingerprint density at radius 3 is 2.23 bits per heavy atom. The first kappa shape index (κ1) is 9.86. The van der Waals surface area contributed by atoms with E-state index in [0.717, 1.165) is 5.56 Å². The highest BCUT2D eigenvalue weighted by Gasteiger charge is 2.18. The van der Waals surface area contributed by atoms with Crippen molar-refractivity contribution in [3.63, 3.8) is 0 Å². The molecule has 3 N–H and O–H groups in total. The van der Waals surface area contributed by atoms with E-state index < -0.39 is 0 Å². The van der Waals surface area contributed by atoms with E-state index in [0.29, 0.717) is 0 Å². The van der Waals surface area contributed by atoms with Crippen LogP contribution >= 0.6 is 0 Å². The van der Waals surface area contributed by atoms with Crippen molar-refractivity contribution < 1.29 is 10.2 Å². The smallest absolute Gasteiger partial charge is 0.157 e. The van der Waals surface area contributed by atoms with Crippen LogP contribution in [0.2, 0.25) is 0 Å². The van der Waals surface area contributed by atoms with Gasteiger partial charge in [-0.1, -0.05) is 6.07 Å². The van der Waals surface area contributed by atoms with Crippen LogP contribution in [0.5, 0.6) is 11.5 Å². The van der Waals surface area contributed by atoms with Crippen LogP contribution in [-0.2, 0) is 5.54 Å². The minimum Gasteiger partial charge on any atom is -0.504 e. The van der Waals surface area contributed by atoms with Crippen molar-refractivity contribution in [1.29, 1.82) is 0 Å². The van der Waals surface area contributed by atoms with E-state index in [1.54, 1.807) is 12.1 Å². The van der Waals surface area contributed by atoms with E-state index >= 15 is 0 Å². The predicted octanol–water partition coefficient (Wildman–Crippen LogP) is 1.55. The van der Waals surface area contributed by atoms with Gasteiger partial charge in [0.15, 0.2) is 11.5 Å². The predicted molar refractivity (Wildman–Crippen MR) is 51.9 cm³/mol. The molecule has 0 bridgehead atoms. The second-order valence-electron chi connectivity index (χ2n) is 3.58. The maximum atomic E-state index is 9.28. The molecule has 3 heteroatoms. The molecule has 3 nitrogen and oxygen atoms in total. The first-order valence-electron chi connectivity index (χ1n) is 4.19. The summed E-state index contributed by atoms with van der Waals surface area (Å²) in [4.78, 5) is 0. The quantitative estimate of drug-likeness (QED) is 0.607. The van der Waals surface area contributed by atoms with Crippen LogP contribution < -0.4 is 5.32 Å². The number of rotatable bonds is 2. The zero-order chi connectivity index (χ0) is 10.1. The van der Waals surface area contributed by atoms with Crippen molar-refractivity contribution in [3.8, 4) is 11.5 Å². The van der Waals surface area contributed by atoms with Gasteiger partial charge in [-0.05, 0) is 38.6 Å². The monoisotopic (exact) mass is 181 g/mol. The second-order valence-corrected chi connectivity index (χ2v) is 3.58. The molecular formula is C10H15NO2. The first-order valence-corrected chi connectivity index (χ1v) is 4.19. The zero-order valence-corrected chi connectivity index (χ0v) is 8.13. The Morgan fingerprint density at radius 2 is 1.77 bits per heavy atom. The highest BCUT2D eigenvalue weighted by atomic mass is 16.3. The molecule has 1 aromatic rings. The van der Waals surface area contributed by atoms with Crippen LogP contribution in [0.25, 0.3) is 0 Å². The largest absolute Gasteiger partial charge is 0.504 e. The van der Waals surface area contributed by atoms with E-state index in [9.17, 15) is 5.11 Å². The van der Waals surface area contributed by atoms with E-state index in [4.69, 9.17) is 5.11 Å². The van der Waals surface area contributed by atoms with Gasteiger partial charge in [0, 0.05) is 5.54 Å². The number of aromatic hydroxyl groups is 2. The lowest BCUT2D eigenvalue weighted by molar-refractivity contribution is 0.396. The van der Waals surface area contributed by atoms with Crippen LogP contribution in [-0.4, -0.2) is 17.3 Å². The average molecular weight is 181 g/mol. The maximum Gasteiger partial charge on any atom is 0.157 e. The van der Waals surface area contributed by atoms with Crippen molar-refractivity contribution in [2.75, 3.05) is 7.05 Å². The van der Waals surface area contributed by atoms with Gasteiger partial charge in [0.2, 0.25) is 0 Å². The fourth-order valence-electron chi connectivity index (χ4n) is 1.06. The number of nitrogens with one attached hydrogen (secondary N) is 1. The molecule has 0 amide bonds. The molecule has 0 fully saturated rings. The first-order chi connectivity index (χ1) is 5.97. The number of phenolic OH excluding ortho intramolecular Hbond substituents is 2. The number of hydrogen-bond donors (Lipinski definition) is 3. The Bertz CT molecular complexity index is 308. The van der Waals surface area contributed by atoms with E-state index in [-0.39, 0.29) is 17.0 Å². The third-order valence-electron chi connectivity index (χ3n) is 2.32. The summed E-state index contributed by atoms with van der Waals surface area (Å²) >= 11 is 0. The molecule has 0 spiro atoms. The fourth-order valence-corrected chi connectivity index (χ4v) is 1.06. The van der Waals surface area contributed by atoms with Crippen molar-refractivity contribution in [1.82, 2.24) is 5.32 Å². The molecule has 0 heterocycles. The molecule has 0 aliphatic heterocycles. The molecular weight excluding hydrogens is 166 g/mol. The molecule has 13 heavy (non-hydrogen) atoms. The highest BCUT2D eigenvalue weighted by molar-refractivity contribution is 5.42. The Morgan fingerprint density at radius 1 is 1.15 bits per heavy atom. The molecule has 0 aliphatic carbocycles. The van der Waals surface area contributed by atoms with Gasteiger partial charge < -0.3 is 15.5 Å². The summed E-state index contributed by atoms with van der Waals surface area (Å²) in [6, 6.07) is 4.83. The van der Waals surface area contributed by atoms with Gasteiger partial charge in [0.1, 0.15) is 0 Å². The van der Waals surface area contributed by atoms with Gasteiger partial charge in [-0.3, -0.25) is 0 Å². The molecule has 0 unspecified atom stereocenters. The van der Waals surface area contributed by atoms with Crippen molar-refractivity contribution >= 4 is 0 Å². The summed E-state index contributed by atoms with van der Waals surface area (Å²) < 4.78 is 0. The van der Waals surface area contributed by atoms with Crippen LogP contribution in [0.15, 0.2) is 18.2 Å². The van der Waals surface area contributed by atoms with Crippen molar-refractivity contribution in [3.05, 3.63) is 23.8 Å². The summed E-state index contributed by atoms with van der Waals surface area (Å²) in [6.45, 7) is 4.00.